The molecule has 16 heteroatoms. The van der Waals surface area contributed by atoms with Crippen LogP contribution in [-0.4, -0.2) is 23.0 Å². The van der Waals surface area contributed by atoms with Crippen LogP contribution in [0, 0.1) is 64.1 Å². The van der Waals surface area contributed by atoms with Gasteiger partial charge in [-0.1, -0.05) is 82.3 Å². The van der Waals surface area contributed by atoms with E-state index in [1.54, 1.807) is 28.2 Å². The van der Waals surface area contributed by atoms with Crippen LogP contribution in [0.25, 0.3) is 39.9 Å². The molecule has 6 aromatic rings. The summed E-state index contributed by atoms with van der Waals surface area (Å²) in [4.78, 5) is 6.98. The second kappa shape index (κ2) is 26.5. The van der Waals surface area contributed by atoms with Crippen LogP contribution >= 0.6 is 94.1 Å². The number of halogens is 4. The largest absolute Gasteiger partial charge is 0.412 e. The number of nitrogens with zero attached hydrogens (tertiary/aromatic N) is 2. The van der Waals surface area contributed by atoms with Crippen LogP contribution in [0.2, 0.25) is 0 Å². The molecule has 4 N–H and O–H groups in total. The van der Waals surface area contributed by atoms with E-state index in [4.69, 9.17) is 30.7 Å². The van der Waals surface area contributed by atoms with E-state index in [2.05, 4.69) is 112 Å². The Kier molecular flexibility index (Phi) is 24.6. The Labute approximate surface area is 429 Å². The van der Waals surface area contributed by atoms with Crippen molar-refractivity contribution >= 4 is 146 Å². The molecule has 3 aliphatic carbocycles. The first kappa shape index (κ1) is 54.8. The van der Waals surface area contributed by atoms with Crippen molar-refractivity contribution in [3.8, 4) is 0 Å². The van der Waals surface area contributed by atoms with Crippen molar-refractivity contribution in [3.63, 3.8) is 0 Å². The van der Waals surface area contributed by atoms with Gasteiger partial charge in [0, 0.05) is 86.4 Å². The SMILES string of the molecule is BrBr.C.Cc1ccc2c(C3CCCC3)c(Br)sc2c1.O.O=S(=O)(O)O.[Ac].[C-]#[N+]c1ccc2c(C3CCCC3)c(Br)sc2c1.[C-]#[N+]c1ccc2c(C3CCCC3)csc2c1. The molecule has 315 valence electrons. The maximum atomic E-state index is 8.74. The molecule has 59 heavy (non-hydrogen) atoms. The van der Waals surface area contributed by atoms with Gasteiger partial charge >= 0.3 is 10.4 Å². The van der Waals surface area contributed by atoms with Crippen molar-refractivity contribution in [2.75, 3.05) is 0 Å². The summed E-state index contributed by atoms with van der Waals surface area (Å²) < 4.78 is 38.2. The zero-order chi connectivity index (χ0) is 40.4. The fraction of sp³-hybridized carbons (Fsp3) is 0.395. The normalized spacial score (nSPS) is 15.1. The maximum absolute atomic E-state index is 8.74. The molecule has 0 atom stereocenters. The molecular formula is C43H48AcBr4N2O5S4. The van der Waals surface area contributed by atoms with Gasteiger partial charge in [-0.25, -0.2) is 9.69 Å². The van der Waals surface area contributed by atoms with Gasteiger partial charge in [-0.15, -0.1) is 34.0 Å². The van der Waals surface area contributed by atoms with Crippen molar-refractivity contribution in [3.05, 3.63) is 113 Å². The molecule has 7 nitrogen and oxygen atoms in total. The number of hydrogen-bond donors (Lipinski definition) is 2. The predicted octanol–water partition coefficient (Wildman–Crippen LogP) is 17.5. The van der Waals surface area contributed by atoms with Gasteiger partial charge in [-0.3, -0.25) is 9.11 Å². The van der Waals surface area contributed by atoms with Crippen LogP contribution in [0.15, 0.2) is 67.6 Å². The number of thiophene rings is 3. The van der Waals surface area contributed by atoms with Gasteiger partial charge in [0.15, 0.2) is 11.4 Å². The predicted molar refractivity (Wildman–Crippen MR) is 264 cm³/mol. The van der Waals surface area contributed by atoms with E-state index in [1.807, 2.05) is 35.6 Å². The zero-order valence-electron chi connectivity index (χ0n) is 31.8. The summed E-state index contributed by atoms with van der Waals surface area (Å²) in [7, 11) is -4.67. The molecule has 3 aromatic carbocycles. The molecular weight excluding hydrogens is 1300 g/mol. The second-order valence-electron chi connectivity index (χ2n) is 14.2. The van der Waals surface area contributed by atoms with E-state index >= 15 is 0 Å². The summed E-state index contributed by atoms with van der Waals surface area (Å²) >= 11 is 18.4. The minimum absolute atomic E-state index is 0. The van der Waals surface area contributed by atoms with Crippen molar-refractivity contribution in [2.24, 2.45) is 0 Å². The number of benzene rings is 3. The number of hydrogen-bond acceptors (Lipinski definition) is 5. The van der Waals surface area contributed by atoms with Crippen molar-refractivity contribution in [1.29, 1.82) is 0 Å². The summed E-state index contributed by atoms with van der Waals surface area (Å²) in [5.41, 5.74) is 7.45. The van der Waals surface area contributed by atoms with Gasteiger partial charge < -0.3 is 5.48 Å². The molecule has 3 aliphatic rings. The van der Waals surface area contributed by atoms with Gasteiger partial charge in [-0.2, -0.15) is 8.42 Å². The van der Waals surface area contributed by atoms with E-state index in [-0.39, 0.29) is 57.0 Å². The Hall–Kier alpha value is -0.288. The molecule has 1 radical (unpaired) electrons. The van der Waals surface area contributed by atoms with Crippen molar-refractivity contribution < 1.29 is 67.1 Å². The van der Waals surface area contributed by atoms with E-state index in [9.17, 15) is 0 Å². The quantitative estimate of drug-likeness (QED) is 0.136. The summed E-state index contributed by atoms with van der Waals surface area (Å²) in [6.45, 7) is 16.3. The molecule has 0 unspecified atom stereocenters. The number of aryl methyl sites for hydroxylation is 1. The molecule has 3 fully saturated rings. The fourth-order valence-electron chi connectivity index (χ4n) is 8.19. The standard InChI is InChI=1S/C14H12BrNS.C14H15BrS.C14H13NS.CH4.Ac.Br2.H2O4S.H2O/c1-16-10-6-7-11-12(8-10)17-14(15)13(11)9-4-2-3-5-9;1-9-6-7-11-12(8-9)16-14(15)13(11)10-4-2-3-5-10;1-15-11-6-7-12-13(9-16-14(12)8-11)10-4-2-3-5-10;;;1-2;1-5(2,3)4;/h6-9H,2-5H2;6-8,10H,2-5H2,1H3;6-10H,2-5H2;1H4;;;(H2,1,2,3,4);1H2. The fourth-order valence-corrected chi connectivity index (χ4v) is 13.5. The molecule has 0 bridgehead atoms. The van der Waals surface area contributed by atoms with Crippen LogP contribution in [-0.2, 0) is 10.4 Å². The molecule has 3 saturated carbocycles. The third-order valence-corrected chi connectivity index (χ3v) is 15.4. The Morgan fingerprint density at radius 3 is 1.46 bits per heavy atom. The smallest absolute Gasteiger partial charge is 0.394 e. The first-order valence-corrected chi connectivity index (χ1v) is 27.6. The number of rotatable bonds is 3. The first-order chi connectivity index (χ1) is 26.9. The molecule has 0 amide bonds. The molecule has 3 aromatic heterocycles. The van der Waals surface area contributed by atoms with Gasteiger partial charge in [0.05, 0.1) is 20.7 Å². The van der Waals surface area contributed by atoms with E-state index in [1.165, 1.54) is 132 Å². The average molecular weight is 1350 g/mol. The van der Waals surface area contributed by atoms with Crippen LogP contribution in [0.3, 0.4) is 0 Å². The molecule has 0 spiro atoms. The van der Waals surface area contributed by atoms with Crippen LogP contribution < -0.4 is 0 Å². The van der Waals surface area contributed by atoms with Crippen molar-refractivity contribution in [1.82, 2.24) is 0 Å². The Bertz CT molecular complexity index is 2450. The topological polar surface area (TPSA) is 115 Å². The van der Waals surface area contributed by atoms with Crippen LogP contribution in [0.1, 0.15) is 124 Å². The molecule has 0 saturated heterocycles. The van der Waals surface area contributed by atoms with Gasteiger partial charge in [0.25, 0.3) is 0 Å². The Balaban J connectivity index is 0.000000276. The third kappa shape index (κ3) is 15.2. The zero-order valence-corrected chi connectivity index (χ0v) is 46.2. The second-order valence-corrected chi connectivity index (χ2v) is 20.8. The summed E-state index contributed by atoms with van der Waals surface area (Å²) in [5.74, 6) is 2.29. The van der Waals surface area contributed by atoms with E-state index < -0.39 is 10.4 Å². The van der Waals surface area contributed by atoms with E-state index in [0.717, 1.165) is 29.1 Å². The minimum atomic E-state index is -4.67. The Morgan fingerprint density at radius 1 is 0.644 bits per heavy atom. The van der Waals surface area contributed by atoms with Crippen LogP contribution in [0.4, 0.5) is 11.4 Å². The molecule has 9 rings (SSSR count). The van der Waals surface area contributed by atoms with Crippen molar-refractivity contribution in [2.45, 2.75) is 109 Å². The monoisotopic (exact) mass is 1340 g/mol. The summed E-state index contributed by atoms with van der Waals surface area (Å²) in [6.07, 6.45) is 16.3. The van der Waals surface area contributed by atoms with Gasteiger partial charge in [0.2, 0.25) is 0 Å². The van der Waals surface area contributed by atoms with E-state index in [0.29, 0.717) is 0 Å². The van der Waals surface area contributed by atoms with Gasteiger partial charge in [0.1, 0.15) is 0 Å². The van der Waals surface area contributed by atoms with Gasteiger partial charge in [-0.05, 0) is 157 Å². The van der Waals surface area contributed by atoms with Crippen LogP contribution in [0.5, 0.6) is 0 Å². The molecule has 3 heterocycles. The average Bonchev–Trinajstić information content (AvgIpc) is 4.03. The minimum Gasteiger partial charge on any atom is -0.412 e. The third-order valence-electron chi connectivity index (χ3n) is 10.7. The summed E-state index contributed by atoms with van der Waals surface area (Å²) in [6, 6.07) is 19.0. The molecule has 0 aliphatic heterocycles. The maximum Gasteiger partial charge on any atom is 0.394 e. The summed E-state index contributed by atoms with van der Waals surface area (Å²) in [5, 5.41) is 6.51. The number of fused-ring (bicyclic) bond motifs is 3. The first-order valence-electron chi connectivity index (χ1n) is 18.4. The Morgan fingerprint density at radius 2 is 1.02 bits per heavy atom.